The number of hydrogen-bond acceptors (Lipinski definition) is 4. The molecule has 0 aliphatic heterocycles. The van der Waals surface area contributed by atoms with Gasteiger partial charge in [-0.2, -0.15) is 13.2 Å². The predicted molar refractivity (Wildman–Crippen MR) is 91.8 cm³/mol. The van der Waals surface area contributed by atoms with Gasteiger partial charge in [-0.05, 0) is 25.0 Å². The Bertz CT molecular complexity index is 1100. The van der Waals surface area contributed by atoms with Gasteiger partial charge in [0, 0.05) is 24.6 Å². The van der Waals surface area contributed by atoms with Crippen molar-refractivity contribution >= 4 is 17.8 Å². The topological polar surface area (TPSA) is 90.5 Å². The van der Waals surface area contributed by atoms with Gasteiger partial charge in [0.1, 0.15) is 17.6 Å². The van der Waals surface area contributed by atoms with E-state index in [0.29, 0.717) is 12.8 Å². The van der Waals surface area contributed by atoms with Crippen molar-refractivity contribution in [3.63, 3.8) is 0 Å². The van der Waals surface area contributed by atoms with E-state index in [-0.39, 0.29) is 31.7 Å². The van der Waals surface area contributed by atoms with E-state index in [0.717, 1.165) is 19.2 Å². The molecule has 1 fully saturated rings. The highest BCUT2D eigenvalue weighted by Gasteiger charge is 2.38. The van der Waals surface area contributed by atoms with E-state index >= 15 is 0 Å². The third kappa shape index (κ3) is 4.00. The van der Waals surface area contributed by atoms with E-state index in [2.05, 4.69) is 0 Å². The van der Waals surface area contributed by atoms with Crippen molar-refractivity contribution in [2.24, 2.45) is 13.0 Å². The molecule has 0 amide bonds. The van der Waals surface area contributed by atoms with Crippen LogP contribution in [0.3, 0.4) is 0 Å². The van der Waals surface area contributed by atoms with Crippen LogP contribution in [0, 0.1) is 11.7 Å². The molecule has 7 nitrogen and oxygen atoms in total. The Hall–Kier alpha value is -2.82. The van der Waals surface area contributed by atoms with Crippen molar-refractivity contribution in [3.05, 3.63) is 61.1 Å². The van der Waals surface area contributed by atoms with Crippen molar-refractivity contribution < 1.29 is 32.2 Å². The van der Waals surface area contributed by atoms with Gasteiger partial charge < -0.3 is 9.84 Å². The summed E-state index contributed by atoms with van der Waals surface area (Å²) in [6, 6.07) is 1.86. The molecule has 3 rings (SSSR count). The standard InChI is InChI=1S/C17H13ClF4N2O5/c1-23-12(17(20,21)22)6-13(25)24(15(23)26)11-4-8(9(18)5-10(11)19)14(7-2-3-7)29-16(27)28/h4-7,14H,2-3H2,1H3,(H,27,28). The molecule has 1 aliphatic rings. The Morgan fingerprint density at radius 1 is 1.28 bits per heavy atom. The van der Waals surface area contributed by atoms with Gasteiger partial charge in [0.15, 0.2) is 0 Å². The van der Waals surface area contributed by atoms with Crippen LogP contribution in [0.5, 0.6) is 0 Å². The lowest BCUT2D eigenvalue weighted by Crippen LogP contribution is -2.41. The quantitative estimate of drug-likeness (QED) is 0.585. The smallest absolute Gasteiger partial charge is 0.450 e. The first-order chi connectivity index (χ1) is 13.4. The number of alkyl halides is 3. The number of benzene rings is 1. The second kappa shape index (κ2) is 7.21. The van der Waals surface area contributed by atoms with Crippen LogP contribution in [-0.2, 0) is 18.0 Å². The number of nitrogens with zero attached hydrogens (tertiary/aromatic N) is 2. The van der Waals surface area contributed by atoms with Crippen LogP contribution in [0.15, 0.2) is 27.8 Å². The summed E-state index contributed by atoms with van der Waals surface area (Å²) in [4.78, 5) is 35.6. The van der Waals surface area contributed by atoms with Gasteiger partial charge in [-0.15, -0.1) is 0 Å². The van der Waals surface area contributed by atoms with Gasteiger partial charge >= 0.3 is 18.0 Å². The molecule has 0 radical (unpaired) electrons. The molecule has 0 bridgehead atoms. The van der Waals surface area contributed by atoms with Gasteiger partial charge in [-0.1, -0.05) is 11.6 Å². The molecule has 1 heterocycles. The first-order valence-electron chi connectivity index (χ1n) is 8.21. The first-order valence-corrected chi connectivity index (χ1v) is 8.58. The maximum atomic E-state index is 14.5. The molecule has 1 unspecified atom stereocenters. The Balaban J connectivity index is 2.23. The second-order valence-corrected chi connectivity index (χ2v) is 6.92. The number of carboxylic acid groups (broad SMARTS) is 1. The van der Waals surface area contributed by atoms with Crippen LogP contribution in [0.2, 0.25) is 5.02 Å². The lowest BCUT2D eigenvalue weighted by molar-refractivity contribution is -0.144. The van der Waals surface area contributed by atoms with Gasteiger partial charge in [0.25, 0.3) is 5.56 Å². The zero-order valence-electron chi connectivity index (χ0n) is 14.7. The van der Waals surface area contributed by atoms with Crippen molar-refractivity contribution in [1.82, 2.24) is 9.13 Å². The number of hydrogen-bond donors (Lipinski definition) is 1. The van der Waals surface area contributed by atoms with Crippen LogP contribution in [0.1, 0.15) is 30.2 Å². The van der Waals surface area contributed by atoms with Gasteiger partial charge in [0.05, 0.1) is 10.7 Å². The highest BCUT2D eigenvalue weighted by Crippen LogP contribution is 2.45. The van der Waals surface area contributed by atoms with Crippen LogP contribution >= 0.6 is 11.6 Å². The minimum atomic E-state index is -4.97. The van der Waals surface area contributed by atoms with Gasteiger partial charge in [0.2, 0.25) is 0 Å². The second-order valence-electron chi connectivity index (χ2n) is 6.51. The summed E-state index contributed by atoms with van der Waals surface area (Å²) < 4.78 is 58.7. The fourth-order valence-corrected chi connectivity index (χ4v) is 3.24. The van der Waals surface area contributed by atoms with Crippen LogP contribution in [0.4, 0.5) is 22.4 Å². The van der Waals surface area contributed by atoms with E-state index < -0.39 is 46.9 Å². The molecule has 156 valence electrons. The zero-order valence-corrected chi connectivity index (χ0v) is 15.4. The molecular formula is C17H13ClF4N2O5. The average molecular weight is 437 g/mol. The third-order valence-electron chi connectivity index (χ3n) is 4.50. The predicted octanol–water partition coefficient (Wildman–Crippen LogP) is 3.49. The zero-order chi connectivity index (χ0) is 21.7. The summed E-state index contributed by atoms with van der Waals surface area (Å²) in [5.41, 5.74) is -5.00. The lowest BCUT2D eigenvalue weighted by Gasteiger charge is -2.19. The SMILES string of the molecule is Cn1c(C(F)(F)F)cc(=O)n(-c2cc(C(OC(=O)O)C3CC3)c(Cl)cc2F)c1=O. The Morgan fingerprint density at radius 3 is 2.41 bits per heavy atom. The summed E-state index contributed by atoms with van der Waals surface area (Å²) in [7, 11) is 0.788. The molecule has 29 heavy (non-hydrogen) atoms. The minimum absolute atomic E-state index is 0.00168. The normalized spacial score (nSPS) is 15.2. The van der Waals surface area contributed by atoms with Crippen LogP contribution in [-0.4, -0.2) is 20.4 Å². The van der Waals surface area contributed by atoms with E-state index in [9.17, 15) is 31.9 Å². The fraction of sp³-hybridized carbons (Fsp3) is 0.353. The highest BCUT2D eigenvalue weighted by molar-refractivity contribution is 6.31. The number of halogens is 5. The number of aromatic nitrogens is 2. The lowest BCUT2D eigenvalue weighted by atomic mass is 10.0. The average Bonchev–Trinajstić information content (AvgIpc) is 3.42. The molecule has 1 N–H and O–H groups in total. The summed E-state index contributed by atoms with van der Waals surface area (Å²) in [6.45, 7) is 0. The minimum Gasteiger partial charge on any atom is -0.450 e. The summed E-state index contributed by atoms with van der Waals surface area (Å²) in [5.74, 6) is -1.38. The summed E-state index contributed by atoms with van der Waals surface area (Å²) in [5, 5.41) is 8.72. The van der Waals surface area contributed by atoms with E-state index in [1.807, 2.05) is 0 Å². The molecule has 1 saturated carbocycles. The van der Waals surface area contributed by atoms with Crippen LogP contribution in [0.25, 0.3) is 5.69 Å². The first kappa shape index (κ1) is 20.9. The highest BCUT2D eigenvalue weighted by atomic mass is 35.5. The van der Waals surface area contributed by atoms with Crippen molar-refractivity contribution in [3.8, 4) is 5.69 Å². The largest absolute Gasteiger partial charge is 0.506 e. The Morgan fingerprint density at radius 2 is 1.90 bits per heavy atom. The maximum Gasteiger partial charge on any atom is 0.506 e. The molecule has 2 aromatic rings. The summed E-state index contributed by atoms with van der Waals surface area (Å²) in [6.07, 6.45) is -6.42. The van der Waals surface area contributed by atoms with E-state index in [4.69, 9.17) is 21.4 Å². The molecule has 1 aliphatic carbocycles. The molecule has 0 spiro atoms. The summed E-state index contributed by atoms with van der Waals surface area (Å²) >= 11 is 6.00. The van der Waals surface area contributed by atoms with Gasteiger partial charge in [-0.3, -0.25) is 9.36 Å². The van der Waals surface area contributed by atoms with Crippen molar-refractivity contribution in [2.45, 2.75) is 25.1 Å². The van der Waals surface area contributed by atoms with E-state index in [1.165, 1.54) is 0 Å². The Kier molecular flexibility index (Phi) is 5.20. The third-order valence-corrected chi connectivity index (χ3v) is 4.83. The fourth-order valence-electron chi connectivity index (χ4n) is 2.98. The maximum absolute atomic E-state index is 14.5. The van der Waals surface area contributed by atoms with Crippen molar-refractivity contribution in [2.75, 3.05) is 0 Å². The number of carbonyl (C=O) groups is 1. The molecule has 1 atom stereocenters. The molecule has 1 aromatic carbocycles. The van der Waals surface area contributed by atoms with E-state index in [1.54, 1.807) is 0 Å². The molecular weight excluding hydrogens is 424 g/mol. The van der Waals surface area contributed by atoms with Crippen molar-refractivity contribution in [1.29, 1.82) is 0 Å². The van der Waals surface area contributed by atoms with Crippen LogP contribution < -0.4 is 11.2 Å². The van der Waals surface area contributed by atoms with Gasteiger partial charge in [-0.25, -0.2) is 18.5 Å². The molecule has 1 aromatic heterocycles. The Labute approximate surface area is 164 Å². The molecule has 12 heteroatoms. The number of rotatable bonds is 4. The number of ether oxygens (including phenoxy) is 1. The monoisotopic (exact) mass is 436 g/mol. The molecule has 0 saturated heterocycles.